The topological polar surface area (TPSA) is 72.5 Å². The van der Waals surface area contributed by atoms with Crippen molar-refractivity contribution in [3.05, 3.63) is 51.3 Å². The van der Waals surface area contributed by atoms with Gasteiger partial charge in [0.2, 0.25) is 0 Å². The van der Waals surface area contributed by atoms with Crippen LogP contribution in [0.25, 0.3) is 11.1 Å². The average molecular weight is 384 g/mol. The molecule has 7 heteroatoms. The Kier molecular flexibility index (Phi) is 5.18. The molecule has 4 nitrogen and oxygen atoms in total. The van der Waals surface area contributed by atoms with Crippen molar-refractivity contribution >= 4 is 29.2 Å². The third-order valence-corrected chi connectivity index (χ3v) is 4.79. The molecule has 1 aliphatic rings. The number of fused-ring (bicyclic) bond motifs is 1. The number of carboxylic acids is 1. The summed E-state index contributed by atoms with van der Waals surface area (Å²) in [5.74, 6) is -0.955. The lowest BCUT2D eigenvalue weighted by Gasteiger charge is -2.25. The molecule has 0 saturated heterocycles. The van der Waals surface area contributed by atoms with Gasteiger partial charge in [0.25, 0.3) is 0 Å². The van der Waals surface area contributed by atoms with Crippen molar-refractivity contribution in [1.82, 2.24) is 0 Å². The van der Waals surface area contributed by atoms with E-state index in [0.29, 0.717) is 17.9 Å². The molecule has 1 unspecified atom stereocenters. The SMILES string of the molecule is NC(Cc1ccc(-c2c(Cl)cc(F)cc2Cl)c2c1OCCC2)C(=O)O. The summed E-state index contributed by atoms with van der Waals surface area (Å²) in [4.78, 5) is 11.0. The maximum atomic E-state index is 13.5. The first-order chi connectivity index (χ1) is 11.9. The molecule has 132 valence electrons. The highest BCUT2D eigenvalue weighted by atomic mass is 35.5. The number of carboxylic acid groups (broad SMARTS) is 1. The molecule has 0 radical (unpaired) electrons. The van der Waals surface area contributed by atoms with E-state index in [9.17, 15) is 9.18 Å². The quantitative estimate of drug-likeness (QED) is 0.833. The smallest absolute Gasteiger partial charge is 0.320 e. The van der Waals surface area contributed by atoms with E-state index < -0.39 is 17.8 Å². The monoisotopic (exact) mass is 383 g/mol. The molecule has 0 aliphatic carbocycles. The average Bonchev–Trinajstić information content (AvgIpc) is 2.55. The molecule has 3 rings (SSSR count). The van der Waals surface area contributed by atoms with E-state index in [1.54, 1.807) is 6.07 Å². The van der Waals surface area contributed by atoms with Gasteiger partial charge in [0.15, 0.2) is 0 Å². The summed E-state index contributed by atoms with van der Waals surface area (Å²) < 4.78 is 19.3. The van der Waals surface area contributed by atoms with Gasteiger partial charge < -0.3 is 15.6 Å². The molecule has 1 aliphatic heterocycles. The maximum absolute atomic E-state index is 13.5. The van der Waals surface area contributed by atoms with Crippen LogP contribution in [0.4, 0.5) is 4.39 Å². The van der Waals surface area contributed by atoms with Gasteiger partial charge in [0.1, 0.15) is 17.6 Å². The van der Waals surface area contributed by atoms with E-state index in [4.69, 9.17) is 38.8 Å². The van der Waals surface area contributed by atoms with E-state index in [-0.39, 0.29) is 16.5 Å². The summed E-state index contributed by atoms with van der Waals surface area (Å²) in [5.41, 5.74) is 8.57. The second-order valence-electron chi connectivity index (χ2n) is 5.93. The first kappa shape index (κ1) is 18.0. The van der Waals surface area contributed by atoms with Gasteiger partial charge in [0.05, 0.1) is 16.7 Å². The third-order valence-electron chi connectivity index (χ3n) is 4.19. The number of benzene rings is 2. The normalized spacial score (nSPS) is 14.6. The van der Waals surface area contributed by atoms with Crippen molar-refractivity contribution in [2.24, 2.45) is 5.73 Å². The van der Waals surface area contributed by atoms with Crippen molar-refractivity contribution < 1.29 is 19.0 Å². The molecule has 1 heterocycles. The maximum Gasteiger partial charge on any atom is 0.320 e. The van der Waals surface area contributed by atoms with Crippen LogP contribution in [0.3, 0.4) is 0 Å². The molecule has 0 amide bonds. The third kappa shape index (κ3) is 3.59. The molecular formula is C18H16Cl2FNO3. The number of carbonyl (C=O) groups is 1. The van der Waals surface area contributed by atoms with Crippen LogP contribution in [0.2, 0.25) is 10.0 Å². The van der Waals surface area contributed by atoms with Gasteiger partial charge >= 0.3 is 5.97 Å². The molecular weight excluding hydrogens is 368 g/mol. The molecule has 0 saturated carbocycles. The molecule has 3 N–H and O–H groups in total. The summed E-state index contributed by atoms with van der Waals surface area (Å²) in [6.07, 6.45) is 1.69. The molecule has 2 aromatic carbocycles. The minimum atomic E-state index is -1.07. The van der Waals surface area contributed by atoms with E-state index in [0.717, 1.165) is 29.5 Å². The Balaban J connectivity index is 2.13. The van der Waals surface area contributed by atoms with Crippen LogP contribution < -0.4 is 10.5 Å². The highest BCUT2D eigenvalue weighted by Gasteiger charge is 2.24. The lowest BCUT2D eigenvalue weighted by Crippen LogP contribution is -2.32. The number of aliphatic carboxylic acids is 1. The molecule has 0 spiro atoms. The summed E-state index contributed by atoms with van der Waals surface area (Å²) in [7, 11) is 0. The predicted octanol–water partition coefficient (Wildman–Crippen LogP) is 4.08. The number of hydrogen-bond donors (Lipinski definition) is 2. The van der Waals surface area contributed by atoms with Crippen molar-refractivity contribution in [2.45, 2.75) is 25.3 Å². The van der Waals surface area contributed by atoms with Crippen LogP contribution >= 0.6 is 23.2 Å². The standard InChI is InChI=1S/C18H16Cl2FNO3/c19-13-7-10(21)8-14(20)16(13)11-4-3-9(6-15(22)18(23)24)17-12(11)2-1-5-25-17/h3-4,7-8,15H,1-2,5-6,22H2,(H,23,24). The highest BCUT2D eigenvalue weighted by molar-refractivity contribution is 6.39. The molecule has 2 aromatic rings. The van der Waals surface area contributed by atoms with Gasteiger partial charge in [-0.1, -0.05) is 35.3 Å². The van der Waals surface area contributed by atoms with E-state index in [1.165, 1.54) is 12.1 Å². The van der Waals surface area contributed by atoms with Gasteiger partial charge in [-0.2, -0.15) is 0 Å². The predicted molar refractivity (Wildman–Crippen MR) is 95.0 cm³/mol. The number of ether oxygens (including phenoxy) is 1. The van der Waals surface area contributed by atoms with Gasteiger partial charge in [-0.3, -0.25) is 4.79 Å². The summed E-state index contributed by atoms with van der Waals surface area (Å²) in [6, 6.07) is 4.99. The van der Waals surface area contributed by atoms with Crippen molar-refractivity contribution in [3.63, 3.8) is 0 Å². The number of hydrogen-bond acceptors (Lipinski definition) is 3. The lowest BCUT2D eigenvalue weighted by molar-refractivity contribution is -0.138. The molecule has 0 aromatic heterocycles. The zero-order valence-corrected chi connectivity index (χ0v) is 14.7. The fourth-order valence-corrected chi connectivity index (χ4v) is 3.71. The Bertz CT molecular complexity index is 818. The van der Waals surface area contributed by atoms with Crippen LogP contribution in [-0.2, 0) is 17.6 Å². The summed E-state index contributed by atoms with van der Waals surface area (Å²) in [6.45, 7) is 0.538. The second-order valence-corrected chi connectivity index (χ2v) is 6.74. The first-order valence-corrected chi connectivity index (χ1v) is 8.55. The first-order valence-electron chi connectivity index (χ1n) is 7.79. The van der Waals surface area contributed by atoms with Crippen LogP contribution in [0.5, 0.6) is 5.75 Å². The van der Waals surface area contributed by atoms with Crippen molar-refractivity contribution in [2.75, 3.05) is 6.61 Å². The Labute approximate surface area is 154 Å². The van der Waals surface area contributed by atoms with Crippen LogP contribution in [-0.4, -0.2) is 23.7 Å². The van der Waals surface area contributed by atoms with E-state index in [2.05, 4.69) is 0 Å². The zero-order valence-electron chi connectivity index (χ0n) is 13.2. The minimum absolute atomic E-state index is 0.156. The van der Waals surface area contributed by atoms with Crippen LogP contribution in [0.1, 0.15) is 17.5 Å². The van der Waals surface area contributed by atoms with Gasteiger partial charge in [0, 0.05) is 17.5 Å². The molecule has 1 atom stereocenters. The highest BCUT2D eigenvalue weighted by Crippen LogP contribution is 2.43. The van der Waals surface area contributed by atoms with Crippen molar-refractivity contribution in [3.8, 4) is 16.9 Å². The van der Waals surface area contributed by atoms with Crippen molar-refractivity contribution in [1.29, 1.82) is 0 Å². The van der Waals surface area contributed by atoms with Crippen LogP contribution in [0, 0.1) is 5.82 Å². The Hall–Kier alpha value is -1.82. The Morgan fingerprint density at radius 1 is 1.32 bits per heavy atom. The number of halogens is 3. The lowest BCUT2D eigenvalue weighted by atomic mass is 9.90. The molecule has 25 heavy (non-hydrogen) atoms. The number of nitrogens with two attached hydrogens (primary N) is 1. The second kappa shape index (κ2) is 7.20. The Morgan fingerprint density at radius 2 is 2.00 bits per heavy atom. The van der Waals surface area contributed by atoms with Gasteiger partial charge in [-0.05, 0) is 36.1 Å². The number of rotatable bonds is 4. The fraction of sp³-hybridized carbons (Fsp3) is 0.278. The van der Waals surface area contributed by atoms with Crippen LogP contribution in [0.15, 0.2) is 24.3 Å². The molecule has 0 fully saturated rings. The largest absolute Gasteiger partial charge is 0.493 e. The zero-order chi connectivity index (χ0) is 18.1. The Morgan fingerprint density at radius 3 is 2.64 bits per heavy atom. The minimum Gasteiger partial charge on any atom is -0.493 e. The summed E-state index contributed by atoms with van der Waals surface area (Å²) in [5, 5.41) is 9.47. The van der Waals surface area contributed by atoms with Gasteiger partial charge in [-0.25, -0.2) is 4.39 Å². The summed E-state index contributed by atoms with van der Waals surface area (Å²) >= 11 is 12.4. The fourth-order valence-electron chi connectivity index (χ4n) is 3.05. The van der Waals surface area contributed by atoms with E-state index >= 15 is 0 Å². The van der Waals surface area contributed by atoms with E-state index in [1.807, 2.05) is 6.07 Å². The molecule has 0 bridgehead atoms. The van der Waals surface area contributed by atoms with Gasteiger partial charge in [-0.15, -0.1) is 0 Å².